The molecule has 0 heterocycles. The maximum Gasteiger partial charge on any atom is 0.337 e. The maximum absolute atomic E-state index is 12.5. The number of Topliss-reactive ketones (excluding diaryl/α,β-unsaturated/α-hetero) is 1. The first-order chi connectivity index (χ1) is 10.6. The Labute approximate surface area is 134 Å². The van der Waals surface area contributed by atoms with Crippen LogP contribution in [0.2, 0.25) is 0 Å². The van der Waals surface area contributed by atoms with Crippen LogP contribution in [0.3, 0.4) is 0 Å². The molecule has 0 fully saturated rings. The molecule has 1 atom stereocenters. The van der Waals surface area contributed by atoms with Crippen molar-refractivity contribution in [2.24, 2.45) is 5.41 Å². The lowest BCUT2D eigenvalue weighted by molar-refractivity contribution is -0.208. The lowest BCUT2D eigenvalue weighted by Crippen LogP contribution is -2.61. The molecule has 0 aromatic rings. The number of carbonyl (C=O) groups is 4. The van der Waals surface area contributed by atoms with E-state index in [9.17, 15) is 24.3 Å². The smallest absolute Gasteiger partial charge is 0.337 e. The van der Waals surface area contributed by atoms with Crippen molar-refractivity contribution in [2.75, 3.05) is 13.2 Å². The first-order valence-electron chi connectivity index (χ1n) is 7.39. The van der Waals surface area contributed by atoms with E-state index in [1.165, 1.54) is 13.8 Å². The third-order valence-corrected chi connectivity index (χ3v) is 3.91. The molecule has 0 amide bonds. The lowest BCUT2D eigenvalue weighted by Gasteiger charge is -2.43. The maximum atomic E-state index is 12.5. The number of carboxylic acids is 2. The molecule has 0 saturated carbocycles. The van der Waals surface area contributed by atoms with Gasteiger partial charge >= 0.3 is 17.9 Å². The van der Waals surface area contributed by atoms with Gasteiger partial charge in [-0.15, -0.1) is 0 Å². The summed E-state index contributed by atoms with van der Waals surface area (Å²) in [6, 6.07) is 0. The van der Waals surface area contributed by atoms with Gasteiger partial charge in [-0.2, -0.15) is 0 Å². The van der Waals surface area contributed by atoms with Crippen LogP contribution in [0.4, 0.5) is 0 Å². The van der Waals surface area contributed by atoms with Crippen LogP contribution in [0.1, 0.15) is 47.0 Å². The number of hydrogen-bond acceptors (Lipinski definition) is 6. The van der Waals surface area contributed by atoms with Crippen molar-refractivity contribution >= 4 is 23.7 Å². The molecule has 0 spiro atoms. The van der Waals surface area contributed by atoms with Crippen LogP contribution < -0.4 is 0 Å². The van der Waals surface area contributed by atoms with Crippen molar-refractivity contribution in [3.8, 4) is 0 Å². The van der Waals surface area contributed by atoms with Gasteiger partial charge in [0.1, 0.15) is 12.0 Å². The zero-order valence-electron chi connectivity index (χ0n) is 13.9. The topological polar surface area (TPSA) is 127 Å². The summed E-state index contributed by atoms with van der Waals surface area (Å²) in [6.45, 7) is 5.23. The molecule has 0 rings (SSSR count). The summed E-state index contributed by atoms with van der Waals surface area (Å²) < 4.78 is 10.2. The molecule has 0 aliphatic heterocycles. The van der Waals surface area contributed by atoms with E-state index in [1.54, 1.807) is 13.8 Å². The monoisotopic (exact) mass is 332 g/mol. The highest BCUT2D eigenvalue weighted by Crippen LogP contribution is 2.45. The van der Waals surface area contributed by atoms with Crippen molar-refractivity contribution in [1.82, 2.24) is 0 Å². The van der Waals surface area contributed by atoms with Crippen LogP contribution in [0.25, 0.3) is 0 Å². The van der Waals surface area contributed by atoms with E-state index in [1.807, 2.05) is 0 Å². The van der Waals surface area contributed by atoms with Crippen molar-refractivity contribution in [1.29, 1.82) is 0 Å². The van der Waals surface area contributed by atoms with Crippen LogP contribution in [0, 0.1) is 5.41 Å². The summed E-state index contributed by atoms with van der Waals surface area (Å²) in [5.41, 5.74) is -3.99. The number of hydrogen-bond donors (Lipinski definition) is 2. The van der Waals surface area contributed by atoms with Gasteiger partial charge in [0, 0.05) is 6.61 Å². The third kappa shape index (κ3) is 4.28. The molecule has 0 aliphatic rings. The molecular weight excluding hydrogens is 308 g/mol. The second-order valence-electron chi connectivity index (χ2n) is 5.20. The summed E-state index contributed by atoms with van der Waals surface area (Å²) in [7, 11) is 0. The SMILES string of the molecule is CCOC(CC(=O)O)(C(=O)O)C(CC)(CC)C(=O)OCC(C)=O. The van der Waals surface area contributed by atoms with Crippen LogP contribution in [0.5, 0.6) is 0 Å². The van der Waals surface area contributed by atoms with Crippen molar-refractivity contribution in [3.05, 3.63) is 0 Å². The summed E-state index contributed by atoms with van der Waals surface area (Å²) in [4.78, 5) is 46.7. The fraction of sp³-hybridized carbons (Fsp3) is 0.733. The molecule has 0 bridgehead atoms. The molecule has 8 heteroatoms. The number of aliphatic carboxylic acids is 2. The molecular formula is C15H24O8. The first kappa shape index (κ1) is 21.0. The molecule has 0 aromatic heterocycles. The van der Waals surface area contributed by atoms with Gasteiger partial charge in [0.2, 0.25) is 0 Å². The summed E-state index contributed by atoms with van der Waals surface area (Å²) in [5, 5.41) is 18.8. The van der Waals surface area contributed by atoms with E-state index in [0.717, 1.165) is 0 Å². The second-order valence-corrected chi connectivity index (χ2v) is 5.20. The number of rotatable bonds is 11. The number of carbonyl (C=O) groups excluding carboxylic acids is 2. The predicted molar refractivity (Wildman–Crippen MR) is 78.9 cm³/mol. The highest BCUT2D eigenvalue weighted by molar-refractivity contribution is 5.93. The summed E-state index contributed by atoms with van der Waals surface area (Å²) >= 11 is 0. The standard InChI is InChI=1S/C15H24O8/c1-5-14(6-2,13(21)22-9-10(4)16)15(12(19)20,23-7-3)8-11(17)18/h5-9H2,1-4H3,(H,17,18)(H,19,20). The molecule has 2 N–H and O–H groups in total. The number of ether oxygens (including phenoxy) is 2. The summed E-state index contributed by atoms with van der Waals surface area (Å²) in [5.74, 6) is -4.32. The Morgan fingerprint density at radius 1 is 1.00 bits per heavy atom. The molecule has 1 unspecified atom stereocenters. The zero-order chi connectivity index (χ0) is 18.3. The molecule has 0 saturated heterocycles. The second kappa shape index (κ2) is 8.61. The van der Waals surface area contributed by atoms with Gasteiger partial charge in [-0.3, -0.25) is 14.4 Å². The highest BCUT2D eigenvalue weighted by atomic mass is 16.6. The Bertz CT molecular complexity index is 466. The first-order valence-corrected chi connectivity index (χ1v) is 7.39. The van der Waals surface area contributed by atoms with E-state index in [0.29, 0.717) is 0 Å². The quantitative estimate of drug-likeness (QED) is 0.541. The average Bonchev–Trinajstić information content (AvgIpc) is 2.45. The molecule has 0 aliphatic carbocycles. The van der Waals surface area contributed by atoms with Gasteiger partial charge in [0.15, 0.2) is 11.4 Å². The van der Waals surface area contributed by atoms with E-state index >= 15 is 0 Å². The third-order valence-electron chi connectivity index (χ3n) is 3.91. The number of esters is 1. The van der Waals surface area contributed by atoms with Gasteiger partial charge in [-0.25, -0.2) is 4.79 Å². The van der Waals surface area contributed by atoms with E-state index in [-0.39, 0.29) is 19.4 Å². The van der Waals surface area contributed by atoms with Crippen molar-refractivity contribution in [3.63, 3.8) is 0 Å². The van der Waals surface area contributed by atoms with Crippen molar-refractivity contribution < 1.29 is 38.9 Å². The Kier molecular flexibility index (Phi) is 7.88. The summed E-state index contributed by atoms with van der Waals surface area (Å²) in [6.07, 6.45) is -0.924. The largest absolute Gasteiger partial charge is 0.481 e. The van der Waals surface area contributed by atoms with Crippen LogP contribution >= 0.6 is 0 Å². The molecule has 23 heavy (non-hydrogen) atoms. The Morgan fingerprint density at radius 2 is 1.52 bits per heavy atom. The number of carboxylic acid groups (broad SMARTS) is 2. The van der Waals surface area contributed by atoms with E-state index in [2.05, 4.69) is 0 Å². The van der Waals surface area contributed by atoms with Crippen LogP contribution in [0.15, 0.2) is 0 Å². The molecule has 8 nitrogen and oxygen atoms in total. The minimum atomic E-state index is -2.27. The van der Waals surface area contributed by atoms with Crippen LogP contribution in [-0.4, -0.2) is 52.7 Å². The number of ketones is 1. The fourth-order valence-electron chi connectivity index (χ4n) is 2.74. The highest BCUT2D eigenvalue weighted by Gasteiger charge is 2.62. The van der Waals surface area contributed by atoms with E-state index in [4.69, 9.17) is 14.6 Å². The predicted octanol–water partition coefficient (Wildman–Crippen LogP) is 1.26. The van der Waals surface area contributed by atoms with Crippen LogP contribution in [-0.2, 0) is 28.7 Å². The minimum absolute atomic E-state index is 0.0141. The minimum Gasteiger partial charge on any atom is -0.481 e. The fourth-order valence-corrected chi connectivity index (χ4v) is 2.74. The normalized spacial score (nSPS) is 13.9. The van der Waals surface area contributed by atoms with Gasteiger partial charge in [-0.05, 0) is 26.7 Å². The van der Waals surface area contributed by atoms with Gasteiger partial charge in [-0.1, -0.05) is 13.8 Å². The van der Waals surface area contributed by atoms with Gasteiger partial charge < -0.3 is 19.7 Å². The molecule has 0 aromatic carbocycles. The van der Waals surface area contributed by atoms with E-state index < -0.39 is 47.7 Å². The van der Waals surface area contributed by atoms with Gasteiger partial charge in [0.25, 0.3) is 0 Å². The Hall–Kier alpha value is -1.96. The average molecular weight is 332 g/mol. The van der Waals surface area contributed by atoms with Gasteiger partial charge in [0.05, 0.1) is 6.42 Å². The van der Waals surface area contributed by atoms with Crippen molar-refractivity contribution in [2.45, 2.75) is 52.6 Å². The molecule has 0 radical (unpaired) electrons. The Morgan fingerprint density at radius 3 is 1.83 bits per heavy atom. The Balaban J connectivity index is 6.11. The lowest BCUT2D eigenvalue weighted by atomic mass is 9.66. The zero-order valence-corrected chi connectivity index (χ0v) is 13.9. The molecule has 132 valence electrons.